The molecule has 0 unspecified atom stereocenters. The Balaban J connectivity index is 1.34. The average Bonchev–Trinajstić information content (AvgIpc) is 3.33. The topological polar surface area (TPSA) is 141 Å². The molecule has 0 aliphatic carbocycles. The molecule has 12 heteroatoms. The van der Waals surface area contributed by atoms with Crippen molar-refractivity contribution in [3.05, 3.63) is 47.8 Å². The molecule has 10 nitrogen and oxygen atoms in total. The van der Waals surface area contributed by atoms with Crippen molar-refractivity contribution < 1.29 is 27.5 Å². The van der Waals surface area contributed by atoms with Gasteiger partial charge in [-0.05, 0) is 37.1 Å². The van der Waals surface area contributed by atoms with Gasteiger partial charge in [-0.25, -0.2) is 13.4 Å². The van der Waals surface area contributed by atoms with Gasteiger partial charge < -0.3 is 25.4 Å². The minimum atomic E-state index is -3.14. The summed E-state index contributed by atoms with van der Waals surface area (Å²) in [6.07, 6.45) is 0.457. The molecule has 2 amide bonds. The van der Waals surface area contributed by atoms with Crippen LogP contribution in [0.25, 0.3) is 11.3 Å². The molecule has 37 heavy (non-hydrogen) atoms. The predicted octanol–water partition coefficient (Wildman–Crippen LogP) is 2.96. The summed E-state index contributed by atoms with van der Waals surface area (Å²) in [6, 6.07) is 12.3. The number of nitrogen functional groups attached to an aromatic ring is 1. The number of nitrogens with zero attached hydrogens (tertiary/aromatic N) is 2. The summed E-state index contributed by atoms with van der Waals surface area (Å²) in [7, 11) is -3.14. The van der Waals surface area contributed by atoms with Crippen LogP contribution in [0, 0.1) is 5.92 Å². The fraction of sp³-hybridized carbons (Fsp3) is 0.320. The van der Waals surface area contributed by atoms with Crippen LogP contribution in [-0.2, 0) is 19.4 Å². The summed E-state index contributed by atoms with van der Waals surface area (Å²) in [4.78, 5) is 32.2. The van der Waals surface area contributed by atoms with Gasteiger partial charge in [-0.1, -0.05) is 12.1 Å². The molecule has 0 radical (unpaired) electrons. The average molecular weight is 543 g/mol. The maximum absolute atomic E-state index is 13.5. The highest BCUT2D eigenvalue weighted by molar-refractivity contribution is 7.91. The van der Waals surface area contributed by atoms with Crippen molar-refractivity contribution >= 4 is 49.5 Å². The second kappa shape index (κ2) is 10.4. The Morgan fingerprint density at radius 2 is 1.76 bits per heavy atom. The highest BCUT2D eigenvalue weighted by atomic mass is 32.2. The van der Waals surface area contributed by atoms with Gasteiger partial charge in [-0.2, -0.15) is 0 Å². The Kier molecular flexibility index (Phi) is 7.02. The minimum absolute atomic E-state index is 0.0401. The van der Waals surface area contributed by atoms with E-state index in [4.69, 9.17) is 15.2 Å². The molecule has 0 spiro atoms. The van der Waals surface area contributed by atoms with E-state index in [1.807, 2.05) is 17.5 Å². The SMILES string of the molecule is Nc1nc(-c2ccc(NC(=O)CN(C(=O)C3CCS(=O)(=O)CC3)c3ccc4c(c3)OCCO4)cc2)cs1. The van der Waals surface area contributed by atoms with Gasteiger partial charge in [0.25, 0.3) is 0 Å². The zero-order chi connectivity index (χ0) is 26.0. The monoisotopic (exact) mass is 542 g/mol. The first kappa shape index (κ1) is 25.0. The van der Waals surface area contributed by atoms with E-state index in [2.05, 4.69) is 10.3 Å². The molecule has 2 aliphatic rings. The molecule has 0 atom stereocenters. The Labute approximate surface area is 218 Å². The van der Waals surface area contributed by atoms with Gasteiger partial charge >= 0.3 is 0 Å². The van der Waals surface area contributed by atoms with E-state index in [1.165, 1.54) is 16.2 Å². The van der Waals surface area contributed by atoms with E-state index < -0.39 is 21.7 Å². The van der Waals surface area contributed by atoms with Crippen LogP contribution >= 0.6 is 11.3 Å². The van der Waals surface area contributed by atoms with Crippen molar-refractivity contribution in [1.82, 2.24) is 4.98 Å². The predicted molar refractivity (Wildman–Crippen MR) is 142 cm³/mol. The lowest BCUT2D eigenvalue weighted by Gasteiger charge is -2.30. The van der Waals surface area contributed by atoms with Crippen LogP contribution < -0.4 is 25.4 Å². The minimum Gasteiger partial charge on any atom is -0.486 e. The number of rotatable bonds is 6. The number of amides is 2. The lowest BCUT2D eigenvalue weighted by molar-refractivity contribution is -0.124. The number of nitrogens with two attached hydrogens (primary N) is 1. The van der Waals surface area contributed by atoms with Gasteiger partial charge in [0.15, 0.2) is 16.6 Å². The largest absolute Gasteiger partial charge is 0.486 e. The van der Waals surface area contributed by atoms with Crippen molar-refractivity contribution in [2.45, 2.75) is 12.8 Å². The van der Waals surface area contributed by atoms with Gasteiger partial charge in [-0.3, -0.25) is 9.59 Å². The molecule has 3 heterocycles. The number of anilines is 3. The van der Waals surface area contributed by atoms with E-state index in [1.54, 1.807) is 30.3 Å². The number of carbonyl (C=O) groups excluding carboxylic acids is 2. The van der Waals surface area contributed by atoms with E-state index >= 15 is 0 Å². The Hall–Kier alpha value is -3.64. The molecule has 2 aliphatic heterocycles. The second-order valence-corrected chi connectivity index (χ2v) is 12.1. The lowest BCUT2D eigenvalue weighted by Crippen LogP contribution is -2.43. The fourth-order valence-corrected chi connectivity index (χ4v) is 6.41. The van der Waals surface area contributed by atoms with E-state index in [9.17, 15) is 18.0 Å². The maximum atomic E-state index is 13.5. The molecule has 1 saturated heterocycles. The number of aromatic nitrogens is 1. The van der Waals surface area contributed by atoms with Crippen LogP contribution in [0.2, 0.25) is 0 Å². The molecular weight excluding hydrogens is 516 g/mol. The van der Waals surface area contributed by atoms with Gasteiger partial charge in [0.1, 0.15) is 29.6 Å². The highest BCUT2D eigenvalue weighted by Gasteiger charge is 2.33. The number of nitrogens with one attached hydrogen (secondary N) is 1. The van der Waals surface area contributed by atoms with Gasteiger partial charge in [0.05, 0.1) is 17.2 Å². The summed E-state index contributed by atoms with van der Waals surface area (Å²) in [5, 5.41) is 5.17. The number of hydrogen-bond acceptors (Lipinski definition) is 9. The Bertz CT molecular complexity index is 1410. The van der Waals surface area contributed by atoms with Crippen molar-refractivity contribution in [2.24, 2.45) is 5.92 Å². The molecule has 0 bridgehead atoms. The first-order valence-electron chi connectivity index (χ1n) is 11.8. The summed E-state index contributed by atoms with van der Waals surface area (Å²) in [6.45, 7) is 0.573. The second-order valence-electron chi connectivity index (χ2n) is 8.87. The van der Waals surface area contributed by atoms with E-state index in [-0.39, 0.29) is 36.8 Å². The number of hydrogen-bond donors (Lipinski definition) is 2. The first-order valence-corrected chi connectivity index (χ1v) is 14.5. The molecule has 5 rings (SSSR count). The molecule has 1 aromatic heterocycles. The van der Waals surface area contributed by atoms with Crippen LogP contribution in [0.15, 0.2) is 47.8 Å². The number of benzene rings is 2. The molecule has 2 aromatic carbocycles. The van der Waals surface area contributed by atoms with E-state index in [0.717, 1.165) is 11.3 Å². The van der Waals surface area contributed by atoms with Crippen LogP contribution in [0.5, 0.6) is 11.5 Å². The summed E-state index contributed by atoms with van der Waals surface area (Å²) >= 11 is 1.35. The number of carbonyl (C=O) groups is 2. The highest BCUT2D eigenvalue weighted by Crippen LogP contribution is 2.35. The normalized spacial score (nSPS) is 16.6. The van der Waals surface area contributed by atoms with Crippen molar-refractivity contribution in [2.75, 3.05) is 47.2 Å². The Morgan fingerprint density at radius 1 is 1.05 bits per heavy atom. The quantitative estimate of drug-likeness (QED) is 0.484. The number of sulfone groups is 1. The third kappa shape index (κ3) is 5.86. The zero-order valence-corrected chi connectivity index (χ0v) is 21.5. The molecule has 1 fully saturated rings. The third-order valence-electron chi connectivity index (χ3n) is 6.30. The van der Waals surface area contributed by atoms with Crippen molar-refractivity contribution in [1.29, 1.82) is 0 Å². The Morgan fingerprint density at radius 3 is 2.43 bits per heavy atom. The molecule has 3 N–H and O–H groups in total. The van der Waals surface area contributed by atoms with Gasteiger partial charge in [-0.15, -0.1) is 11.3 Å². The molecule has 3 aromatic rings. The van der Waals surface area contributed by atoms with Crippen LogP contribution in [-0.4, -0.2) is 56.5 Å². The molecular formula is C25H26N4O6S2. The van der Waals surface area contributed by atoms with Gasteiger partial charge in [0.2, 0.25) is 11.8 Å². The van der Waals surface area contributed by atoms with Crippen molar-refractivity contribution in [3.63, 3.8) is 0 Å². The third-order valence-corrected chi connectivity index (χ3v) is 8.68. The van der Waals surface area contributed by atoms with Gasteiger partial charge in [0, 0.05) is 34.3 Å². The number of thiazole rings is 1. The van der Waals surface area contributed by atoms with Crippen LogP contribution in [0.1, 0.15) is 12.8 Å². The fourth-order valence-electron chi connectivity index (χ4n) is 4.34. The lowest BCUT2D eigenvalue weighted by atomic mass is 10.0. The standard InChI is InChI=1S/C25H26N4O6S2/c26-25-28-20(15-36-25)16-1-3-18(4-2-16)27-23(30)14-29(24(31)17-7-11-37(32,33)12-8-17)19-5-6-21-22(13-19)35-10-9-34-21/h1-6,13,15,17H,7-12,14H2,(H2,26,28)(H,27,30). The number of fused-ring (bicyclic) bond motifs is 1. The smallest absolute Gasteiger partial charge is 0.244 e. The summed E-state index contributed by atoms with van der Waals surface area (Å²) in [5.74, 6) is -0.197. The summed E-state index contributed by atoms with van der Waals surface area (Å²) in [5.41, 5.74) is 8.38. The van der Waals surface area contributed by atoms with E-state index in [0.29, 0.717) is 41.2 Å². The van der Waals surface area contributed by atoms with Crippen molar-refractivity contribution in [3.8, 4) is 22.8 Å². The maximum Gasteiger partial charge on any atom is 0.244 e. The molecule has 194 valence electrons. The zero-order valence-electron chi connectivity index (χ0n) is 19.9. The van der Waals surface area contributed by atoms with Crippen LogP contribution in [0.3, 0.4) is 0 Å². The van der Waals surface area contributed by atoms with Crippen LogP contribution in [0.4, 0.5) is 16.5 Å². The summed E-state index contributed by atoms with van der Waals surface area (Å²) < 4.78 is 35.0. The molecule has 0 saturated carbocycles. The number of ether oxygens (including phenoxy) is 2. The first-order chi connectivity index (χ1) is 17.8.